The van der Waals surface area contributed by atoms with Crippen molar-refractivity contribution in [2.75, 3.05) is 6.54 Å². The molecule has 0 radical (unpaired) electrons. The van der Waals surface area contributed by atoms with Crippen LogP contribution < -0.4 is 5.32 Å². The number of carbonyl (C=O) groups is 1. The van der Waals surface area contributed by atoms with Gasteiger partial charge < -0.3 is 10.3 Å². The highest BCUT2D eigenvalue weighted by Crippen LogP contribution is 2.31. The lowest BCUT2D eigenvalue weighted by atomic mass is 9.76. The largest absolute Gasteiger partial charge is 0.355 e. The van der Waals surface area contributed by atoms with Gasteiger partial charge in [0.1, 0.15) is 5.82 Å². The van der Waals surface area contributed by atoms with Gasteiger partial charge in [-0.15, -0.1) is 0 Å². The molecule has 1 heterocycles. The van der Waals surface area contributed by atoms with E-state index in [-0.39, 0.29) is 11.3 Å². The molecule has 1 amide bonds. The van der Waals surface area contributed by atoms with Gasteiger partial charge in [-0.3, -0.25) is 4.79 Å². The third-order valence-electron chi connectivity index (χ3n) is 5.49. The van der Waals surface area contributed by atoms with Gasteiger partial charge in [-0.05, 0) is 30.2 Å². The van der Waals surface area contributed by atoms with E-state index in [0.717, 1.165) is 16.9 Å². The zero-order chi connectivity index (χ0) is 20.1. The van der Waals surface area contributed by atoms with Crippen molar-refractivity contribution in [2.24, 2.45) is 0 Å². The third-order valence-corrected chi connectivity index (χ3v) is 5.49. The van der Waals surface area contributed by atoms with Gasteiger partial charge in [0.15, 0.2) is 0 Å². The van der Waals surface area contributed by atoms with Gasteiger partial charge in [0.05, 0.1) is 11.0 Å². The Balaban J connectivity index is 1.44. The normalized spacial score (nSPS) is 11.5. The number of imidazole rings is 1. The van der Waals surface area contributed by atoms with Crippen molar-refractivity contribution < 1.29 is 4.79 Å². The SMILES string of the molecule is CC(CNC(=O)CCc1nc2ccccc2[nH]1)(c1ccccc1)c1ccccc1. The molecule has 1 aromatic heterocycles. The van der Waals surface area contributed by atoms with Crippen LogP contribution in [0, 0.1) is 0 Å². The Morgan fingerprint density at radius 3 is 2.10 bits per heavy atom. The molecule has 4 rings (SSSR count). The molecule has 0 aliphatic rings. The van der Waals surface area contributed by atoms with Gasteiger partial charge in [0, 0.05) is 24.8 Å². The predicted molar refractivity (Wildman–Crippen MR) is 117 cm³/mol. The molecular weight excluding hydrogens is 358 g/mol. The van der Waals surface area contributed by atoms with E-state index in [0.29, 0.717) is 19.4 Å². The first kappa shape index (κ1) is 18.9. The van der Waals surface area contributed by atoms with Gasteiger partial charge in [-0.2, -0.15) is 0 Å². The number of aryl methyl sites for hydroxylation is 1. The first-order valence-electron chi connectivity index (χ1n) is 9.96. The van der Waals surface area contributed by atoms with E-state index < -0.39 is 0 Å². The summed E-state index contributed by atoms with van der Waals surface area (Å²) in [5.41, 5.74) is 4.01. The monoisotopic (exact) mass is 383 g/mol. The molecule has 0 unspecified atom stereocenters. The fourth-order valence-electron chi connectivity index (χ4n) is 3.70. The van der Waals surface area contributed by atoms with Gasteiger partial charge >= 0.3 is 0 Å². The molecule has 0 aliphatic heterocycles. The average molecular weight is 383 g/mol. The summed E-state index contributed by atoms with van der Waals surface area (Å²) in [6.07, 6.45) is 0.993. The Morgan fingerprint density at radius 1 is 0.897 bits per heavy atom. The van der Waals surface area contributed by atoms with Gasteiger partial charge in [0.2, 0.25) is 5.91 Å². The van der Waals surface area contributed by atoms with Crippen LogP contribution in [0.1, 0.15) is 30.3 Å². The number of amides is 1. The number of hydrogen-bond donors (Lipinski definition) is 2. The summed E-state index contributed by atoms with van der Waals surface area (Å²) in [5, 5.41) is 3.14. The van der Waals surface area contributed by atoms with Gasteiger partial charge in [0.25, 0.3) is 0 Å². The van der Waals surface area contributed by atoms with Crippen LogP contribution in [-0.4, -0.2) is 22.4 Å². The maximum absolute atomic E-state index is 12.6. The molecule has 3 aromatic carbocycles. The molecule has 0 bridgehead atoms. The number of rotatable bonds is 7. The van der Waals surface area contributed by atoms with Crippen molar-refractivity contribution in [3.05, 3.63) is 102 Å². The van der Waals surface area contributed by atoms with Crippen molar-refractivity contribution >= 4 is 16.9 Å². The zero-order valence-corrected chi connectivity index (χ0v) is 16.6. The van der Waals surface area contributed by atoms with E-state index in [9.17, 15) is 4.79 Å². The van der Waals surface area contributed by atoms with E-state index in [1.807, 2.05) is 60.7 Å². The minimum absolute atomic E-state index is 0.0311. The average Bonchev–Trinajstić information content (AvgIpc) is 3.20. The number of fused-ring (bicyclic) bond motifs is 1. The Hall–Kier alpha value is -3.40. The number of hydrogen-bond acceptors (Lipinski definition) is 2. The second kappa shape index (κ2) is 8.31. The number of nitrogens with one attached hydrogen (secondary N) is 2. The van der Waals surface area contributed by atoms with E-state index >= 15 is 0 Å². The Bertz CT molecular complexity index is 1010. The van der Waals surface area contributed by atoms with Crippen molar-refractivity contribution in [3.8, 4) is 0 Å². The molecule has 29 heavy (non-hydrogen) atoms. The highest BCUT2D eigenvalue weighted by Gasteiger charge is 2.29. The maximum Gasteiger partial charge on any atom is 0.220 e. The fourth-order valence-corrected chi connectivity index (χ4v) is 3.70. The molecule has 0 atom stereocenters. The number of aromatic nitrogens is 2. The molecular formula is C25H25N3O. The lowest BCUT2D eigenvalue weighted by molar-refractivity contribution is -0.121. The highest BCUT2D eigenvalue weighted by atomic mass is 16.1. The Morgan fingerprint density at radius 2 is 1.48 bits per heavy atom. The maximum atomic E-state index is 12.6. The number of H-pyrrole nitrogens is 1. The predicted octanol–water partition coefficient (Wildman–Crippen LogP) is 4.62. The van der Waals surface area contributed by atoms with Crippen LogP contribution in [0.15, 0.2) is 84.9 Å². The van der Waals surface area contributed by atoms with Gasteiger partial charge in [-0.25, -0.2) is 4.98 Å². The fraction of sp³-hybridized carbons (Fsp3) is 0.200. The van der Waals surface area contributed by atoms with E-state index in [1.54, 1.807) is 0 Å². The van der Waals surface area contributed by atoms with E-state index in [2.05, 4.69) is 46.5 Å². The summed E-state index contributed by atoms with van der Waals surface area (Å²) < 4.78 is 0. The Labute approximate surface area is 171 Å². The second-order valence-corrected chi connectivity index (χ2v) is 7.54. The highest BCUT2D eigenvalue weighted by molar-refractivity contribution is 5.77. The quantitative estimate of drug-likeness (QED) is 0.489. The van der Waals surface area contributed by atoms with Crippen LogP contribution in [0.5, 0.6) is 0 Å². The second-order valence-electron chi connectivity index (χ2n) is 7.54. The first-order chi connectivity index (χ1) is 14.1. The minimum atomic E-state index is -0.294. The summed E-state index contributed by atoms with van der Waals surface area (Å²) in [4.78, 5) is 20.4. The van der Waals surface area contributed by atoms with Gasteiger partial charge in [-0.1, -0.05) is 72.8 Å². The van der Waals surface area contributed by atoms with Crippen LogP contribution in [0.25, 0.3) is 11.0 Å². The topological polar surface area (TPSA) is 57.8 Å². The summed E-state index contributed by atoms with van der Waals surface area (Å²) in [6.45, 7) is 2.72. The van der Waals surface area contributed by atoms with Crippen LogP contribution in [0.2, 0.25) is 0 Å². The lowest BCUT2D eigenvalue weighted by Gasteiger charge is -2.31. The number of carbonyl (C=O) groups excluding carboxylic acids is 1. The number of nitrogens with zero attached hydrogens (tertiary/aromatic N) is 1. The zero-order valence-electron chi connectivity index (χ0n) is 16.6. The van der Waals surface area contributed by atoms with Crippen LogP contribution in [0.3, 0.4) is 0 Å². The van der Waals surface area contributed by atoms with Crippen molar-refractivity contribution in [2.45, 2.75) is 25.2 Å². The number of para-hydroxylation sites is 2. The van der Waals surface area contributed by atoms with Crippen LogP contribution in [0.4, 0.5) is 0 Å². The lowest BCUT2D eigenvalue weighted by Crippen LogP contribution is -2.39. The molecule has 2 N–H and O–H groups in total. The molecule has 4 nitrogen and oxygen atoms in total. The summed E-state index contributed by atoms with van der Waals surface area (Å²) in [5.74, 6) is 0.874. The minimum Gasteiger partial charge on any atom is -0.355 e. The summed E-state index contributed by atoms with van der Waals surface area (Å²) in [6, 6.07) is 28.6. The Kier molecular flexibility index (Phi) is 5.43. The molecule has 0 saturated heterocycles. The summed E-state index contributed by atoms with van der Waals surface area (Å²) >= 11 is 0. The van der Waals surface area contributed by atoms with Crippen molar-refractivity contribution in [1.29, 1.82) is 0 Å². The smallest absolute Gasteiger partial charge is 0.220 e. The molecule has 0 fully saturated rings. The van der Waals surface area contributed by atoms with Crippen molar-refractivity contribution in [1.82, 2.24) is 15.3 Å². The third kappa shape index (κ3) is 4.21. The standard InChI is InChI=1S/C25H25N3O/c1-25(19-10-4-2-5-11-19,20-12-6-3-7-13-20)18-26-24(29)17-16-23-27-21-14-8-9-15-22(21)28-23/h2-15H,16-18H2,1H3,(H,26,29)(H,27,28). The van der Waals surface area contributed by atoms with E-state index in [1.165, 1.54) is 11.1 Å². The number of benzene rings is 3. The molecule has 0 saturated carbocycles. The molecule has 4 heteroatoms. The molecule has 4 aromatic rings. The summed E-state index contributed by atoms with van der Waals surface area (Å²) in [7, 11) is 0. The molecule has 0 aliphatic carbocycles. The van der Waals surface area contributed by atoms with Crippen molar-refractivity contribution in [3.63, 3.8) is 0 Å². The van der Waals surface area contributed by atoms with Crippen LogP contribution in [-0.2, 0) is 16.6 Å². The van der Waals surface area contributed by atoms with E-state index in [4.69, 9.17) is 0 Å². The molecule has 0 spiro atoms. The molecule has 146 valence electrons. The van der Waals surface area contributed by atoms with Crippen LogP contribution >= 0.6 is 0 Å². The first-order valence-corrected chi connectivity index (χ1v) is 9.96. The number of aromatic amines is 1.